The molecule has 0 spiro atoms. The van der Waals surface area contributed by atoms with Crippen LogP contribution in [0.25, 0.3) is 0 Å². The normalized spacial score (nSPS) is 11.6. The maximum absolute atomic E-state index is 11.9. The van der Waals surface area contributed by atoms with E-state index in [4.69, 9.17) is 16.3 Å². The van der Waals surface area contributed by atoms with Crippen molar-refractivity contribution in [3.63, 3.8) is 0 Å². The van der Waals surface area contributed by atoms with Crippen molar-refractivity contribution in [3.05, 3.63) is 70.7 Å². The Labute approximate surface area is 140 Å². The molecule has 120 valence electrons. The Balaban J connectivity index is 1.78. The van der Waals surface area contributed by atoms with Crippen LogP contribution in [0.15, 0.2) is 54.6 Å². The van der Waals surface area contributed by atoms with Crippen LogP contribution in [0, 0.1) is 0 Å². The number of rotatable bonds is 6. The molecule has 0 saturated heterocycles. The Kier molecular flexibility index (Phi) is 6.18. The van der Waals surface area contributed by atoms with Gasteiger partial charge in [0.05, 0.1) is 6.42 Å². The highest BCUT2D eigenvalue weighted by Gasteiger charge is 2.17. The van der Waals surface area contributed by atoms with Gasteiger partial charge in [-0.3, -0.25) is 9.59 Å². The molecule has 1 amide bonds. The van der Waals surface area contributed by atoms with Crippen LogP contribution < -0.4 is 5.32 Å². The van der Waals surface area contributed by atoms with E-state index in [1.807, 2.05) is 30.3 Å². The fourth-order valence-corrected chi connectivity index (χ4v) is 2.12. The predicted octanol–water partition coefficient (Wildman–Crippen LogP) is 3.13. The minimum absolute atomic E-state index is 0.105. The molecule has 0 radical (unpaired) electrons. The molecule has 2 rings (SSSR count). The molecular weight excluding hydrogens is 314 g/mol. The summed E-state index contributed by atoms with van der Waals surface area (Å²) in [6.07, 6.45) is -0.730. The molecule has 0 aliphatic carbocycles. The number of nitrogens with one attached hydrogen (secondary N) is 1. The third kappa shape index (κ3) is 5.75. The second kappa shape index (κ2) is 8.34. The van der Waals surface area contributed by atoms with Crippen molar-refractivity contribution < 1.29 is 14.3 Å². The lowest BCUT2D eigenvalue weighted by Gasteiger charge is -2.13. The maximum Gasteiger partial charge on any atom is 0.311 e. The van der Waals surface area contributed by atoms with Crippen molar-refractivity contribution in [2.24, 2.45) is 0 Å². The quantitative estimate of drug-likeness (QED) is 0.827. The first kappa shape index (κ1) is 17.0. The molecule has 2 aromatic carbocycles. The molecule has 0 aliphatic heterocycles. The van der Waals surface area contributed by atoms with Crippen LogP contribution in [0.4, 0.5) is 0 Å². The molecule has 0 aromatic heterocycles. The summed E-state index contributed by atoms with van der Waals surface area (Å²) in [6.45, 7) is 1.96. The SMILES string of the molecule is C[C@H](OC(=O)Cc1ccc(Cl)cc1)C(=O)NCc1ccccc1. The first-order valence-electron chi connectivity index (χ1n) is 7.30. The van der Waals surface area contributed by atoms with Gasteiger partial charge in [-0.25, -0.2) is 0 Å². The molecule has 0 unspecified atom stereocenters. The topological polar surface area (TPSA) is 55.4 Å². The lowest BCUT2D eigenvalue weighted by Crippen LogP contribution is -2.35. The van der Waals surface area contributed by atoms with Crippen LogP contribution in [0.5, 0.6) is 0 Å². The highest BCUT2D eigenvalue weighted by molar-refractivity contribution is 6.30. The maximum atomic E-state index is 11.9. The van der Waals surface area contributed by atoms with Gasteiger partial charge in [0.15, 0.2) is 6.10 Å². The Morgan fingerprint density at radius 2 is 1.70 bits per heavy atom. The highest BCUT2D eigenvalue weighted by Crippen LogP contribution is 2.10. The minimum atomic E-state index is -0.835. The molecule has 0 heterocycles. The van der Waals surface area contributed by atoms with Crippen molar-refractivity contribution in [3.8, 4) is 0 Å². The summed E-state index contributed by atoms with van der Waals surface area (Å²) < 4.78 is 5.15. The number of ether oxygens (including phenoxy) is 1. The van der Waals surface area contributed by atoms with E-state index in [1.54, 1.807) is 31.2 Å². The van der Waals surface area contributed by atoms with E-state index in [2.05, 4.69) is 5.32 Å². The Hall–Kier alpha value is -2.33. The Bertz CT molecular complexity index is 656. The molecule has 0 aliphatic rings. The van der Waals surface area contributed by atoms with Gasteiger partial charge in [-0.05, 0) is 30.2 Å². The molecule has 1 N–H and O–H groups in total. The molecule has 4 nitrogen and oxygen atoms in total. The van der Waals surface area contributed by atoms with Crippen LogP contribution in [0.2, 0.25) is 5.02 Å². The third-order valence-electron chi connectivity index (χ3n) is 3.25. The van der Waals surface area contributed by atoms with Crippen LogP contribution in [-0.2, 0) is 27.3 Å². The second-order valence-electron chi connectivity index (χ2n) is 5.14. The minimum Gasteiger partial charge on any atom is -0.452 e. The number of hydrogen-bond acceptors (Lipinski definition) is 3. The van der Waals surface area contributed by atoms with Gasteiger partial charge in [0.1, 0.15) is 0 Å². The number of esters is 1. The van der Waals surface area contributed by atoms with Crippen LogP contribution in [0.1, 0.15) is 18.1 Å². The first-order valence-corrected chi connectivity index (χ1v) is 7.68. The summed E-state index contributed by atoms with van der Waals surface area (Å²) in [5.41, 5.74) is 1.77. The summed E-state index contributed by atoms with van der Waals surface area (Å²) in [5.74, 6) is -0.770. The van der Waals surface area contributed by atoms with E-state index in [1.165, 1.54) is 0 Å². The largest absolute Gasteiger partial charge is 0.452 e. The summed E-state index contributed by atoms with van der Waals surface area (Å²) in [6, 6.07) is 16.5. The average molecular weight is 332 g/mol. The summed E-state index contributed by atoms with van der Waals surface area (Å²) in [7, 11) is 0. The van der Waals surface area contributed by atoms with Gasteiger partial charge in [-0.1, -0.05) is 54.1 Å². The van der Waals surface area contributed by atoms with Gasteiger partial charge >= 0.3 is 5.97 Å². The van der Waals surface area contributed by atoms with Gasteiger partial charge in [0.2, 0.25) is 0 Å². The monoisotopic (exact) mass is 331 g/mol. The molecular formula is C18H18ClNO3. The zero-order valence-corrected chi connectivity index (χ0v) is 13.5. The van der Waals surface area contributed by atoms with Crippen molar-refractivity contribution in [1.29, 1.82) is 0 Å². The number of carbonyl (C=O) groups excluding carboxylic acids is 2. The lowest BCUT2D eigenvalue weighted by atomic mass is 10.1. The van der Waals surface area contributed by atoms with Crippen LogP contribution in [-0.4, -0.2) is 18.0 Å². The van der Waals surface area contributed by atoms with E-state index in [9.17, 15) is 9.59 Å². The first-order chi connectivity index (χ1) is 11.0. The smallest absolute Gasteiger partial charge is 0.311 e. The van der Waals surface area contributed by atoms with E-state index < -0.39 is 12.1 Å². The van der Waals surface area contributed by atoms with Crippen molar-refractivity contribution in [2.45, 2.75) is 26.0 Å². The fraction of sp³-hybridized carbons (Fsp3) is 0.222. The highest BCUT2D eigenvalue weighted by atomic mass is 35.5. The van der Waals surface area contributed by atoms with Crippen LogP contribution in [0.3, 0.4) is 0 Å². The zero-order valence-electron chi connectivity index (χ0n) is 12.8. The lowest BCUT2D eigenvalue weighted by molar-refractivity contribution is -0.154. The van der Waals surface area contributed by atoms with Crippen LogP contribution >= 0.6 is 11.6 Å². The Morgan fingerprint density at radius 3 is 2.35 bits per heavy atom. The van der Waals surface area contributed by atoms with Gasteiger partial charge < -0.3 is 10.1 Å². The molecule has 1 atom stereocenters. The van der Waals surface area contributed by atoms with Gasteiger partial charge in [0.25, 0.3) is 5.91 Å². The fourth-order valence-electron chi connectivity index (χ4n) is 1.99. The molecule has 0 fully saturated rings. The molecule has 0 saturated carbocycles. The third-order valence-corrected chi connectivity index (χ3v) is 3.50. The Morgan fingerprint density at radius 1 is 1.04 bits per heavy atom. The molecule has 23 heavy (non-hydrogen) atoms. The molecule has 0 bridgehead atoms. The number of benzene rings is 2. The zero-order chi connectivity index (χ0) is 16.7. The standard InChI is InChI=1S/C18H18ClNO3/c1-13(18(22)20-12-15-5-3-2-4-6-15)23-17(21)11-14-7-9-16(19)10-8-14/h2-10,13H,11-12H2,1H3,(H,20,22)/t13-/m0/s1. The summed E-state index contributed by atoms with van der Waals surface area (Å²) >= 11 is 5.79. The number of halogens is 1. The molecule has 2 aromatic rings. The van der Waals surface area contributed by atoms with Crippen molar-refractivity contribution in [1.82, 2.24) is 5.32 Å². The number of hydrogen-bond donors (Lipinski definition) is 1. The number of amides is 1. The predicted molar refractivity (Wildman–Crippen MR) is 89.0 cm³/mol. The van der Waals surface area contributed by atoms with Gasteiger partial charge in [-0.2, -0.15) is 0 Å². The van der Waals surface area contributed by atoms with Gasteiger partial charge in [-0.15, -0.1) is 0 Å². The summed E-state index contributed by atoms with van der Waals surface area (Å²) in [5, 5.41) is 3.35. The second-order valence-corrected chi connectivity index (χ2v) is 5.58. The van der Waals surface area contributed by atoms with Crippen molar-refractivity contribution in [2.75, 3.05) is 0 Å². The van der Waals surface area contributed by atoms with E-state index in [0.717, 1.165) is 11.1 Å². The van der Waals surface area contributed by atoms with E-state index in [0.29, 0.717) is 11.6 Å². The molecule has 5 heteroatoms. The summed E-state index contributed by atoms with van der Waals surface area (Å²) in [4.78, 5) is 23.8. The van der Waals surface area contributed by atoms with E-state index in [-0.39, 0.29) is 12.3 Å². The van der Waals surface area contributed by atoms with Gasteiger partial charge in [0, 0.05) is 11.6 Å². The average Bonchev–Trinajstić information content (AvgIpc) is 2.55. The van der Waals surface area contributed by atoms with E-state index >= 15 is 0 Å². The number of carbonyl (C=O) groups is 2. The van der Waals surface area contributed by atoms with Crippen molar-refractivity contribution >= 4 is 23.5 Å².